The third-order valence-electron chi connectivity index (χ3n) is 4.15. The van der Waals surface area contributed by atoms with Gasteiger partial charge in [0, 0.05) is 10.4 Å². The van der Waals surface area contributed by atoms with Crippen molar-refractivity contribution in [2.45, 2.75) is 52.5 Å². The number of hydrogen-bond acceptors (Lipinski definition) is 2. The van der Waals surface area contributed by atoms with Crippen LogP contribution in [0.5, 0.6) is 0 Å². The average molecular weight is 308 g/mol. The largest absolute Gasteiger partial charge is 0.459 e. The summed E-state index contributed by atoms with van der Waals surface area (Å²) in [4.78, 5) is 0. The highest BCUT2D eigenvalue weighted by atomic mass is 35.5. The lowest BCUT2D eigenvalue weighted by molar-refractivity contribution is 0.291. The molecule has 3 heteroatoms. The van der Waals surface area contributed by atoms with Crippen LogP contribution in [0.4, 0.5) is 0 Å². The van der Waals surface area contributed by atoms with Crippen molar-refractivity contribution >= 4 is 22.6 Å². The quantitative estimate of drug-likeness (QED) is 0.651. The van der Waals surface area contributed by atoms with E-state index < -0.39 is 0 Å². The third-order valence-corrected chi connectivity index (χ3v) is 4.39. The van der Waals surface area contributed by atoms with Crippen LogP contribution in [-0.4, -0.2) is 6.54 Å². The van der Waals surface area contributed by atoms with E-state index in [-0.39, 0.29) is 6.04 Å². The molecule has 1 N–H and O–H groups in total. The molecule has 2 aromatic rings. The van der Waals surface area contributed by atoms with Crippen molar-refractivity contribution in [3.05, 3.63) is 35.0 Å². The summed E-state index contributed by atoms with van der Waals surface area (Å²) in [6, 6.07) is 8.24. The molecule has 0 spiro atoms. The molecule has 1 aromatic heterocycles. The number of unbranched alkanes of at least 4 members (excludes halogenated alkanes) is 1. The first-order chi connectivity index (χ1) is 10.2. The Morgan fingerprint density at radius 1 is 1.19 bits per heavy atom. The molecule has 0 aliphatic rings. The zero-order valence-electron chi connectivity index (χ0n) is 13.3. The third kappa shape index (κ3) is 4.02. The maximum absolute atomic E-state index is 6.08. The lowest BCUT2D eigenvalue weighted by Crippen LogP contribution is -2.27. The SMILES string of the molecule is CCCCC(CC)C(NCC)c1cc2cc(Cl)ccc2o1. The Hall–Kier alpha value is -0.990. The molecule has 116 valence electrons. The molecular formula is C18H26ClNO. The second kappa shape index (κ2) is 7.86. The molecule has 1 aromatic carbocycles. The fraction of sp³-hybridized carbons (Fsp3) is 0.556. The minimum Gasteiger partial charge on any atom is -0.459 e. The first kappa shape index (κ1) is 16.4. The van der Waals surface area contributed by atoms with Crippen LogP contribution >= 0.6 is 11.6 Å². The van der Waals surface area contributed by atoms with E-state index in [1.807, 2.05) is 18.2 Å². The molecule has 0 saturated carbocycles. The minimum atomic E-state index is 0.290. The van der Waals surface area contributed by atoms with Gasteiger partial charge in [0.1, 0.15) is 11.3 Å². The summed E-state index contributed by atoms with van der Waals surface area (Å²) in [5.74, 6) is 1.65. The van der Waals surface area contributed by atoms with Gasteiger partial charge in [-0.25, -0.2) is 0 Å². The van der Waals surface area contributed by atoms with Gasteiger partial charge in [-0.05, 0) is 43.1 Å². The Kier molecular flexibility index (Phi) is 6.13. The number of nitrogens with one attached hydrogen (secondary N) is 1. The van der Waals surface area contributed by atoms with Gasteiger partial charge in [0.05, 0.1) is 6.04 Å². The van der Waals surface area contributed by atoms with Crippen LogP contribution in [0.15, 0.2) is 28.7 Å². The smallest absolute Gasteiger partial charge is 0.134 e. The first-order valence-corrected chi connectivity index (χ1v) is 8.49. The minimum absolute atomic E-state index is 0.290. The molecule has 0 radical (unpaired) electrons. The molecule has 0 aliphatic carbocycles. The van der Waals surface area contributed by atoms with Gasteiger partial charge in [-0.1, -0.05) is 51.6 Å². The Morgan fingerprint density at radius 3 is 2.67 bits per heavy atom. The fourth-order valence-corrected chi connectivity index (χ4v) is 3.16. The van der Waals surface area contributed by atoms with Gasteiger partial charge < -0.3 is 9.73 Å². The maximum Gasteiger partial charge on any atom is 0.134 e. The number of rotatable bonds is 8. The molecule has 0 bridgehead atoms. The van der Waals surface area contributed by atoms with Gasteiger partial charge in [-0.2, -0.15) is 0 Å². The van der Waals surface area contributed by atoms with Crippen LogP contribution in [0.25, 0.3) is 11.0 Å². The van der Waals surface area contributed by atoms with E-state index in [0.717, 1.165) is 34.7 Å². The van der Waals surface area contributed by atoms with Crippen LogP contribution in [0, 0.1) is 5.92 Å². The highest BCUT2D eigenvalue weighted by Gasteiger charge is 2.24. The molecule has 0 aliphatic heterocycles. The van der Waals surface area contributed by atoms with E-state index in [0.29, 0.717) is 5.92 Å². The summed E-state index contributed by atoms with van der Waals surface area (Å²) in [5, 5.41) is 5.45. The predicted octanol–water partition coefficient (Wildman–Crippen LogP) is 5.95. The average Bonchev–Trinajstić information content (AvgIpc) is 2.89. The number of halogens is 1. The number of furan rings is 1. The summed E-state index contributed by atoms with van der Waals surface area (Å²) in [5.41, 5.74) is 0.919. The number of hydrogen-bond donors (Lipinski definition) is 1. The molecule has 0 saturated heterocycles. The zero-order valence-corrected chi connectivity index (χ0v) is 14.0. The van der Waals surface area contributed by atoms with Crippen molar-refractivity contribution in [2.75, 3.05) is 6.54 Å². The van der Waals surface area contributed by atoms with Gasteiger partial charge >= 0.3 is 0 Å². The highest BCUT2D eigenvalue weighted by molar-refractivity contribution is 6.31. The van der Waals surface area contributed by atoms with E-state index >= 15 is 0 Å². The van der Waals surface area contributed by atoms with E-state index in [1.165, 1.54) is 19.3 Å². The van der Waals surface area contributed by atoms with Crippen molar-refractivity contribution < 1.29 is 4.42 Å². The molecule has 1 heterocycles. The zero-order chi connectivity index (χ0) is 15.2. The maximum atomic E-state index is 6.08. The second-order valence-electron chi connectivity index (χ2n) is 5.68. The number of fused-ring (bicyclic) bond motifs is 1. The Balaban J connectivity index is 2.29. The van der Waals surface area contributed by atoms with Crippen LogP contribution in [0.1, 0.15) is 58.3 Å². The van der Waals surface area contributed by atoms with Crippen molar-refractivity contribution in [2.24, 2.45) is 5.92 Å². The number of benzene rings is 1. The van der Waals surface area contributed by atoms with Gasteiger partial charge in [-0.3, -0.25) is 0 Å². The molecular weight excluding hydrogens is 282 g/mol. The van der Waals surface area contributed by atoms with Crippen LogP contribution in [0.2, 0.25) is 5.02 Å². The molecule has 2 atom stereocenters. The predicted molar refractivity (Wildman–Crippen MR) is 90.9 cm³/mol. The van der Waals surface area contributed by atoms with Crippen molar-refractivity contribution in [1.82, 2.24) is 5.32 Å². The van der Waals surface area contributed by atoms with Crippen LogP contribution < -0.4 is 5.32 Å². The monoisotopic (exact) mass is 307 g/mol. The van der Waals surface area contributed by atoms with E-state index in [9.17, 15) is 0 Å². The molecule has 21 heavy (non-hydrogen) atoms. The van der Waals surface area contributed by atoms with Crippen LogP contribution in [-0.2, 0) is 0 Å². The standard InChI is InChI=1S/C18H26ClNO/c1-4-7-8-13(5-2)18(20-6-3)17-12-14-11-15(19)9-10-16(14)21-17/h9-13,18,20H,4-8H2,1-3H3. The van der Waals surface area contributed by atoms with Crippen molar-refractivity contribution in [3.63, 3.8) is 0 Å². The molecule has 0 amide bonds. The van der Waals surface area contributed by atoms with Gasteiger partial charge in [0.25, 0.3) is 0 Å². The van der Waals surface area contributed by atoms with Crippen molar-refractivity contribution in [1.29, 1.82) is 0 Å². The Bertz CT molecular complexity index is 563. The van der Waals surface area contributed by atoms with Gasteiger partial charge in [0.15, 0.2) is 0 Å². The summed E-state index contributed by atoms with van der Waals surface area (Å²) in [7, 11) is 0. The Morgan fingerprint density at radius 2 is 2.00 bits per heavy atom. The summed E-state index contributed by atoms with van der Waals surface area (Å²) < 4.78 is 6.08. The lowest BCUT2D eigenvalue weighted by atomic mass is 9.89. The second-order valence-corrected chi connectivity index (χ2v) is 6.11. The van der Waals surface area contributed by atoms with E-state index in [1.54, 1.807) is 0 Å². The summed E-state index contributed by atoms with van der Waals surface area (Å²) in [6.45, 7) is 7.62. The Labute approximate surface area is 132 Å². The van der Waals surface area contributed by atoms with Gasteiger partial charge in [-0.15, -0.1) is 0 Å². The van der Waals surface area contributed by atoms with Crippen LogP contribution in [0.3, 0.4) is 0 Å². The van der Waals surface area contributed by atoms with E-state index in [2.05, 4.69) is 32.2 Å². The summed E-state index contributed by atoms with van der Waals surface area (Å²) >= 11 is 6.07. The van der Waals surface area contributed by atoms with Gasteiger partial charge in [0.2, 0.25) is 0 Å². The van der Waals surface area contributed by atoms with Crippen molar-refractivity contribution in [3.8, 4) is 0 Å². The molecule has 0 fully saturated rings. The lowest BCUT2D eigenvalue weighted by Gasteiger charge is -2.25. The normalized spacial score (nSPS) is 14.5. The molecule has 2 rings (SSSR count). The highest BCUT2D eigenvalue weighted by Crippen LogP contribution is 2.33. The molecule has 2 unspecified atom stereocenters. The molecule has 2 nitrogen and oxygen atoms in total. The first-order valence-electron chi connectivity index (χ1n) is 8.11. The van der Waals surface area contributed by atoms with E-state index in [4.69, 9.17) is 16.0 Å². The topological polar surface area (TPSA) is 25.2 Å². The fourth-order valence-electron chi connectivity index (χ4n) is 2.98. The summed E-state index contributed by atoms with van der Waals surface area (Å²) in [6.07, 6.45) is 4.91.